The number of hydrogen-bond donors (Lipinski definition) is 0. The number of pyridine rings is 1. The van der Waals surface area contributed by atoms with Gasteiger partial charge in [0.2, 0.25) is 0 Å². The molecule has 5 heteroatoms. The van der Waals surface area contributed by atoms with Gasteiger partial charge in [-0.05, 0) is 33.2 Å². The summed E-state index contributed by atoms with van der Waals surface area (Å²) in [5, 5.41) is 0. The first-order valence-corrected chi connectivity index (χ1v) is 7.56. The first-order valence-electron chi connectivity index (χ1n) is 7.56. The van der Waals surface area contributed by atoms with Crippen LogP contribution in [0.3, 0.4) is 0 Å². The molecule has 116 valence electrons. The predicted octanol–water partition coefficient (Wildman–Crippen LogP) is 2.32. The van der Waals surface area contributed by atoms with E-state index in [0.29, 0.717) is 13.2 Å². The van der Waals surface area contributed by atoms with Crippen LogP contribution in [-0.2, 0) is 16.1 Å². The van der Waals surface area contributed by atoms with Gasteiger partial charge in [-0.25, -0.2) is 0 Å². The molecule has 0 N–H and O–H groups in total. The van der Waals surface area contributed by atoms with Gasteiger partial charge in [-0.3, -0.25) is 14.7 Å². The van der Waals surface area contributed by atoms with Gasteiger partial charge in [0, 0.05) is 24.4 Å². The Morgan fingerprint density at radius 1 is 1.43 bits per heavy atom. The summed E-state index contributed by atoms with van der Waals surface area (Å²) < 4.78 is 10.5. The Balaban J connectivity index is 2.11. The summed E-state index contributed by atoms with van der Waals surface area (Å²) in [5.74, 6) is 0.694. The molecule has 5 nitrogen and oxygen atoms in total. The number of aryl methyl sites for hydroxylation is 1. The highest BCUT2D eigenvalue weighted by Crippen LogP contribution is 2.22. The summed E-state index contributed by atoms with van der Waals surface area (Å²) >= 11 is 0. The average molecular weight is 292 g/mol. The maximum atomic E-state index is 12.1. The van der Waals surface area contributed by atoms with Crippen LogP contribution in [0.4, 0.5) is 0 Å². The van der Waals surface area contributed by atoms with Gasteiger partial charge in [0.1, 0.15) is 11.8 Å². The second kappa shape index (κ2) is 7.41. The monoisotopic (exact) mass is 292 g/mol. The molecule has 1 unspecified atom stereocenters. The first kappa shape index (κ1) is 15.8. The van der Waals surface area contributed by atoms with Gasteiger partial charge in [0.25, 0.3) is 0 Å². The van der Waals surface area contributed by atoms with Gasteiger partial charge in [0.15, 0.2) is 0 Å². The molecule has 1 aliphatic rings. The summed E-state index contributed by atoms with van der Waals surface area (Å²) in [6.45, 7) is 5.78. The molecule has 0 aromatic carbocycles. The van der Waals surface area contributed by atoms with Crippen molar-refractivity contribution in [2.45, 2.75) is 45.7 Å². The van der Waals surface area contributed by atoms with Gasteiger partial charge in [-0.2, -0.15) is 0 Å². The third kappa shape index (κ3) is 4.17. The Hall–Kier alpha value is -1.62. The lowest BCUT2D eigenvalue weighted by Gasteiger charge is -2.33. The van der Waals surface area contributed by atoms with E-state index in [0.717, 1.165) is 42.9 Å². The quantitative estimate of drug-likeness (QED) is 0.780. The minimum absolute atomic E-state index is 0.114. The van der Waals surface area contributed by atoms with Crippen LogP contribution in [0, 0.1) is 6.92 Å². The SMILES string of the molecule is CCOC(=O)C1CCCCN1Cc1cc(OC)cc(C)n1. The fraction of sp³-hybridized carbons (Fsp3) is 0.625. The zero-order valence-electron chi connectivity index (χ0n) is 13.1. The fourth-order valence-corrected chi connectivity index (χ4v) is 2.80. The molecule has 0 bridgehead atoms. The number of aromatic nitrogens is 1. The molecule has 1 atom stereocenters. The molecular formula is C16H24N2O3. The maximum Gasteiger partial charge on any atom is 0.323 e. The van der Waals surface area contributed by atoms with Crippen LogP contribution >= 0.6 is 0 Å². The van der Waals surface area contributed by atoms with E-state index in [-0.39, 0.29) is 12.0 Å². The van der Waals surface area contributed by atoms with Gasteiger partial charge in [0.05, 0.1) is 19.4 Å². The predicted molar refractivity (Wildman–Crippen MR) is 80.2 cm³/mol. The van der Waals surface area contributed by atoms with Crippen molar-refractivity contribution in [1.29, 1.82) is 0 Å². The van der Waals surface area contributed by atoms with Crippen LogP contribution in [0.25, 0.3) is 0 Å². The van der Waals surface area contributed by atoms with E-state index in [4.69, 9.17) is 9.47 Å². The van der Waals surface area contributed by atoms with Gasteiger partial charge >= 0.3 is 5.97 Å². The summed E-state index contributed by atoms with van der Waals surface area (Å²) in [6, 6.07) is 3.69. The van der Waals surface area contributed by atoms with Crippen molar-refractivity contribution in [3.05, 3.63) is 23.5 Å². The van der Waals surface area contributed by atoms with E-state index in [1.807, 2.05) is 26.0 Å². The Morgan fingerprint density at radius 3 is 2.95 bits per heavy atom. The largest absolute Gasteiger partial charge is 0.497 e. The molecular weight excluding hydrogens is 268 g/mol. The van der Waals surface area contributed by atoms with E-state index in [1.54, 1.807) is 7.11 Å². The summed E-state index contributed by atoms with van der Waals surface area (Å²) in [6.07, 6.45) is 3.05. The Labute approximate surface area is 126 Å². The second-order valence-corrected chi connectivity index (χ2v) is 5.37. The molecule has 0 saturated carbocycles. The van der Waals surface area contributed by atoms with Gasteiger partial charge < -0.3 is 9.47 Å². The van der Waals surface area contributed by atoms with E-state index >= 15 is 0 Å². The lowest BCUT2D eigenvalue weighted by atomic mass is 10.0. The standard InChI is InChI=1S/C16H24N2O3/c1-4-21-16(19)15-7-5-6-8-18(15)11-13-10-14(20-3)9-12(2)17-13/h9-10,15H,4-8,11H2,1-3H3. The van der Waals surface area contributed by atoms with Crippen LogP contribution in [0.15, 0.2) is 12.1 Å². The number of hydrogen-bond acceptors (Lipinski definition) is 5. The van der Waals surface area contributed by atoms with Crippen LogP contribution in [0.2, 0.25) is 0 Å². The third-order valence-electron chi connectivity index (χ3n) is 3.75. The lowest BCUT2D eigenvalue weighted by molar-refractivity contribution is -0.151. The van der Waals surface area contributed by atoms with Crippen LogP contribution in [-0.4, -0.2) is 42.2 Å². The molecule has 21 heavy (non-hydrogen) atoms. The summed E-state index contributed by atoms with van der Waals surface area (Å²) in [5.41, 5.74) is 1.86. The Kier molecular flexibility index (Phi) is 5.56. The zero-order chi connectivity index (χ0) is 15.2. The number of carbonyl (C=O) groups excluding carboxylic acids is 1. The number of rotatable bonds is 5. The van der Waals surface area contributed by atoms with Gasteiger partial charge in [-0.15, -0.1) is 0 Å². The highest BCUT2D eigenvalue weighted by Gasteiger charge is 2.30. The number of methoxy groups -OCH3 is 1. The van der Waals surface area contributed by atoms with E-state index in [9.17, 15) is 4.79 Å². The van der Waals surface area contributed by atoms with Crippen molar-refractivity contribution in [1.82, 2.24) is 9.88 Å². The minimum Gasteiger partial charge on any atom is -0.497 e. The van der Waals surface area contributed by atoms with Crippen molar-refractivity contribution < 1.29 is 14.3 Å². The first-order chi connectivity index (χ1) is 10.1. The maximum absolute atomic E-state index is 12.1. The zero-order valence-corrected chi connectivity index (χ0v) is 13.1. The van der Waals surface area contributed by atoms with E-state index < -0.39 is 0 Å². The normalized spacial score (nSPS) is 19.3. The van der Waals surface area contributed by atoms with Crippen LogP contribution < -0.4 is 4.74 Å². The molecule has 1 aromatic rings. The average Bonchev–Trinajstić information content (AvgIpc) is 2.47. The van der Waals surface area contributed by atoms with Crippen molar-refractivity contribution >= 4 is 5.97 Å². The fourth-order valence-electron chi connectivity index (χ4n) is 2.80. The molecule has 1 aromatic heterocycles. The number of ether oxygens (including phenoxy) is 2. The number of esters is 1. The molecule has 0 spiro atoms. The van der Waals surface area contributed by atoms with Crippen molar-refractivity contribution in [2.24, 2.45) is 0 Å². The summed E-state index contributed by atoms with van der Waals surface area (Å²) in [4.78, 5) is 18.8. The van der Waals surface area contributed by atoms with E-state index in [2.05, 4.69) is 9.88 Å². The Bertz CT molecular complexity index is 490. The number of carbonyl (C=O) groups is 1. The van der Waals surface area contributed by atoms with Gasteiger partial charge in [-0.1, -0.05) is 6.42 Å². The van der Waals surface area contributed by atoms with Crippen molar-refractivity contribution in [3.63, 3.8) is 0 Å². The van der Waals surface area contributed by atoms with E-state index in [1.165, 1.54) is 0 Å². The molecule has 1 aliphatic heterocycles. The molecule has 2 heterocycles. The molecule has 0 radical (unpaired) electrons. The molecule has 1 saturated heterocycles. The van der Waals surface area contributed by atoms with Crippen LogP contribution in [0.5, 0.6) is 5.75 Å². The second-order valence-electron chi connectivity index (χ2n) is 5.37. The Morgan fingerprint density at radius 2 is 2.24 bits per heavy atom. The topological polar surface area (TPSA) is 51.7 Å². The molecule has 1 fully saturated rings. The highest BCUT2D eigenvalue weighted by molar-refractivity contribution is 5.75. The third-order valence-corrected chi connectivity index (χ3v) is 3.75. The molecule has 0 aliphatic carbocycles. The highest BCUT2D eigenvalue weighted by atomic mass is 16.5. The smallest absolute Gasteiger partial charge is 0.323 e. The molecule has 0 amide bonds. The number of likely N-dealkylation sites (tertiary alicyclic amines) is 1. The molecule has 2 rings (SSSR count). The minimum atomic E-state index is -0.146. The lowest BCUT2D eigenvalue weighted by Crippen LogP contribution is -2.45. The van der Waals surface area contributed by atoms with Crippen molar-refractivity contribution in [3.8, 4) is 5.75 Å². The van der Waals surface area contributed by atoms with Crippen LogP contribution in [0.1, 0.15) is 37.6 Å². The van der Waals surface area contributed by atoms with Crippen molar-refractivity contribution in [2.75, 3.05) is 20.3 Å². The number of piperidine rings is 1. The number of nitrogens with zero attached hydrogens (tertiary/aromatic N) is 2. The summed E-state index contributed by atoms with van der Waals surface area (Å²) in [7, 11) is 1.65.